The second-order valence-corrected chi connectivity index (χ2v) is 9.75. The van der Waals surface area contributed by atoms with Gasteiger partial charge in [0, 0.05) is 11.0 Å². The number of halogens is 1. The van der Waals surface area contributed by atoms with Crippen molar-refractivity contribution >= 4 is 28.5 Å². The highest BCUT2D eigenvalue weighted by Gasteiger charge is 2.51. The number of carbonyl (C=O) groups is 1. The first-order valence-electron chi connectivity index (χ1n) is 10.6. The van der Waals surface area contributed by atoms with Crippen LogP contribution in [-0.4, -0.2) is 20.9 Å². The zero-order chi connectivity index (χ0) is 21.7. The van der Waals surface area contributed by atoms with Crippen LogP contribution in [0, 0.1) is 17.3 Å². The van der Waals surface area contributed by atoms with Gasteiger partial charge in [0.15, 0.2) is 5.54 Å². The van der Waals surface area contributed by atoms with Crippen molar-refractivity contribution in [2.75, 3.05) is 0 Å². The highest BCUT2D eigenvalue weighted by Crippen LogP contribution is 2.50. The van der Waals surface area contributed by atoms with E-state index in [0.717, 1.165) is 23.9 Å². The number of para-hydroxylation sites is 1. The van der Waals surface area contributed by atoms with Gasteiger partial charge in [-0.25, -0.2) is 4.68 Å². The molecule has 1 aromatic heterocycles. The number of allylic oxidation sites excluding steroid dienone is 5. The molecule has 2 N–H and O–H groups in total. The smallest absolute Gasteiger partial charge is 0.250 e. The van der Waals surface area contributed by atoms with Crippen molar-refractivity contribution in [3.8, 4) is 0 Å². The van der Waals surface area contributed by atoms with Crippen LogP contribution in [0.1, 0.15) is 47.0 Å². The Kier molecular flexibility index (Phi) is 5.13. The molecule has 2 aliphatic carbocycles. The van der Waals surface area contributed by atoms with Crippen LogP contribution in [0.15, 0.2) is 58.7 Å². The van der Waals surface area contributed by atoms with Gasteiger partial charge in [-0.15, -0.1) is 5.10 Å². The van der Waals surface area contributed by atoms with E-state index in [4.69, 9.17) is 17.3 Å². The summed E-state index contributed by atoms with van der Waals surface area (Å²) in [5, 5.41) is 9.30. The third kappa shape index (κ3) is 3.11. The average molecular weight is 425 g/mol. The summed E-state index contributed by atoms with van der Waals surface area (Å²) in [5.74, 6) is -0.687. The van der Waals surface area contributed by atoms with Gasteiger partial charge in [-0.1, -0.05) is 66.9 Å². The fraction of sp³-hybridized carbons (Fsp3) is 0.458. The lowest BCUT2D eigenvalue weighted by atomic mass is 9.61. The summed E-state index contributed by atoms with van der Waals surface area (Å²) < 4.78 is 1.69. The summed E-state index contributed by atoms with van der Waals surface area (Å²) in [5.41, 5.74) is 9.29. The van der Waals surface area contributed by atoms with Gasteiger partial charge in [0.05, 0.1) is 5.52 Å². The van der Waals surface area contributed by atoms with Gasteiger partial charge < -0.3 is 5.73 Å². The Balaban J connectivity index is 1.94. The van der Waals surface area contributed by atoms with Gasteiger partial charge >= 0.3 is 0 Å². The first-order valence-corrected chi connectivity index (χ1v) is 10.9. The number of primary amides is 1. The molecule has 0 saturated carbocycles. The Hall–Kier alpha value is -2.40. The molecule has 0 saturated heterocycles. The molecule has 2 aliphatic rings. The lowest BCUT2D eigenvalue weighted by Gasteiger charge is -2.45. The number of fused-ring (bicyclic) bond motifs is 1. The third-order valence-corrected chi connectivity index (χ3v) is 7.23. The number of aromatic nitrogens is 3. The molecule has 2 aromatic rings. The molecule has 1 aromatic carbocycles. The van der Waals surface area contributed by atoms with Crippen LogP contribution < -0.4 is 5.73 Å². The van der Waals surface area contributed by atoms with Gasteiger partial charge in [0.2, 0.25) is 5.91 Å². The summed E-state index contributed by atoms with van der Waals surface area (Å²) in [6.07, 6.45) is 8.92. The molecule has 4 rings (SSSR count). The van der Waals surface area contributed by atoms with Crippen molar-refractivity contribution in [1.82, 2.24) is 15.0 Å². The maximum absolute atomic E-state index is 13.2. The second-order valence-electron chi connectivity index (χ2n) is 9.31. The van der Waals surface area contributed by atoms with Gasteiger partial charge in [0.1, 0.15) is 5.52 Å². The van der Waals surface area contributed by atoms with Crippen molar-refractivity contribution < 1.29 is 4.79 Å². The van der Waals surface area contributed by atoms with E-state index in [1.807, 2.05) is 36.4 Å². The minimum Gasteiger partial charge on any atom is -0.367 e. The lowest BCUT2D eigenvalue weighted by molar-refractivity contribution is -0.127. The lowest BCUT2D eigenvalue weighted by Crippen LogP contribution is -2.54. The minimum absolute atomic E-state index is 0.0504. The number of hydrogen-bond acceptors (Lipinski definition) is 3. The summed E-state index contributed by atoms with van der Waals surface area (Å²) in [7, 11) is 0. The molecule has 0 aliphatic heterocycles. The molecule has 0 bridgehead atoms. The first kappa shape index (κ1) is 20.9. The van der Waals surface area contributed by atoms with Crippen molar-refractivity contribution in [3.05, 3.63) is 58.7 Å². The minimum atomic E-state index is -1.19. The summed E-state index contributed by atoms with van der Waals surface area (Å²) in [4.78, 5) is 13.2. The number of carbonyl (C=O) groups excluding carboxylic acids is 1. The maximum Gasteiger partial charge on any atom is 0.250 e. The fourth-order valence-electron chi connectivity index (χ4n) is 5.73. The molecule has 1 amide bonds. The first-order chi connectivity index (χ1) is 14.2. The van der Waals surface area contributed by atoms with Crippen LogP contribution in [0.2, 0.25) is 0 Å². The van der Waals surface area contributed by atoms with Crippen LogP contribution >= 0.6 is 11.6 Å². The largest absolute Gasteiger partial charge is 0.367 e. The van der Waals surface area contributed by atoms with E-state index in [1.165, 1.54) is 17.6 Å². The molecular weight excluding hydrogens is 396 g/mol. The zero-order valence-electron chi connectivity index (χ0n) is 18.0. The van der Waals surface area contributed by atoms with E-state index in [1.54, 1.807) is 10.8 Å². The van der Waals surface area contributed by atoms with Crippen molar-refractivity contribution in [2.24, 2.45) is 23.0 Å². The molecule has 1 heterocycles. The second kappa shape index (κ2) is 7.38. The van der Waals surface area contributed by atoms with E-state index >= 15 is 0 Å². The number of hydrogen-bond donors (Lipinski definition) is 1. The highest BCUT2D eigenvalue weighted by atomic mass is 35.5. The molecule has 3 atom stereocenters. The molecule has 0 spiro atoms. The topological polar surface area (TPSA) is 73.8 Å². The Morgan fingerprint density at radius 3 is 2.77 bits per heavy atom. The average Bonchev–Trinajstić information content (AvgIpc) is 3.11. The molecule has 0 fully saturated rings. The number of rotatable bonds is 4. The molecule has 6 heteroatoms. The number of amides is 1. The van der Waals surface area contributed by atoms with E-state index in [0.29, 0.717) is 5.03 Å². The monoisotopic (exact) mass is 424 g/mol. The normalized spacial score (nSPS) is 27.2. The SMILES string of the molecule is CC1=C(C(C)C2C=C(Cl)C=CC2(C(N)=O)n2nnc3ccccc32)C(C)(C)CCC1. The van der Waals surface area contributed by atoms with Crippen LogP contribution in [-0.2, 0) is 10.3 Å². The van der Waals surface area contributed by atoms with E-state index in [2.05, 4.69) is 38.0 Å². The third-order valence-electron chi connectivity index (χ3n) is 6.98. The van der Waals surface area contributed by atoms with Crippen molar-refractivity contribution in [3.63, 3.8) is 0 Å². The maximum atomic E-state index is 13.2. The predicted molar refractivity (Wildman–Crippen MR) is 121 cm³/mol. The van der Waals surface area contributed by atoms with Gasteiger partial charge in [-0.05, 0) is 61.8 Å². The van der Waals surface area contributed by atoms with Crippen LogP contribution in [0.3, 0.4) is 0 Å². The van der Waals surface area contributed by atoms with Gasteiger partial charge in [-0.3, -0.25) is 4.79 Å². The Morgan fingerprint density at radius 1 is 1.33 bits per heavy atom. The summed E-state index contributed by atoms with van der Waals surface area (Å²) >= 11 is 6.47. The number of benzene rings is 1. The highest BCUT2D eigenvalue weighted by molar-refractivity contribution is 6.31. The quantitative estimate of drug-likeness (QED) is 0.695. The Labute approximate surface area is 182 Å². The van der Waals surface area contributed by atoms with Gasteiger partial charge in [0.25, 0.3) is 0 Å². The molecule has 0 radical (unpaired) electrons. The van der Waals surface area contributed by atoms with E-state index in [9.17, 15) is 4.79 Å². The summed E-state index contributed by atoms with van der Waals surface area (Å²) in [6.45, 7) is 8.99. The predicted octanol–water partition coefficient (Wildman–Crippen LogP) is 5.08. The van der Waals surface area contributed by atoms with Crippen LogP contribution in [0.25, 0.3) is 11.0 Å². The van der Waals surface area contributed by atoms with E-state index in [-0.39, 0.29) is 17.3 Å². The van der Waals surface area contributed by atoms with Crippen LogP contribution in [0.4, 0.5) is 0 Å². The Bertz CT molecular complexity index is 1090. The fourth-order valence-corrected chi connectivity index (χ4v) is 5.93. The van der Waals surface area contributed by atoms with Crippen molar-refractivity contribution in [1.29, 1.82) is 0 Å². The molecule has 158 valence electrons. The molecule has 30 heavy (non-hydrogen) atoms. The number of nitrogens with zero attached hydrogens (tertiary/aromatic N) is 3. The van der Waals surface area contributed by atoms with Gasteiger partial charge in [-0.2, -0.15) is 0 Å². The number of nitrogens with two attached hydrogens (primary N) is 1. The Morgan fingerprint density at radius 2 is 2.07 bits per heavy atom. The molecular formula is C24H29ClN4O. The van der Waals surface area contributed by atoms with Crippen LogP contribution in [0.5, 0.6) is 0 Å². The molecule has 5 nitrogen and oxygen atoms in total. The summed E-state index contributed by atoms with van der Waals surface area (Å²) in [6, 6.07) is 7.63. The standard InChI is InChI=1S/C24H29ClN4O/c1-15-8-7-12-23(3,4)21(15)16(2)18-14-17(25)11-13-24(18,22(26)30)29-20-10-6-5-9-19(20)27-28-29/h5-6,9-11,13-14,16,18H,7-8,12H2,1-4H3,(H2,26,30). The molecule has 3 unspecified atom stereocenters. The zero-order valence-corrected chi connectivity index (χ0v) is 18.8. The van der Waals surface area contributed by atoms with Crippen molar-refractivity contribution in [2.45, 2.75) is 52.5 Å². The van der Waals surface area contributed by atoms with E-state index < -0.39 is 11.4 Å².